The van der Waals surface area contributed by atoms with Crippen LogP contribution in [0, 0.1) is 46.3 Å². The zero-order valence-corrected chi connectivity index (χ0v) is 35.4. The van der Waals surface area contributed by atoms with Crippen molar-refractivity contribution >= 4 is 11.9 Å². The summed E-state index contributed by atoms with van der Waals surface area (Å²) < 4.78 is 6.12. The number of aliphatic carboxylic acids is 1. The highest BCUT2D eigenvalue weighted by atomic mass is 16.5. The minimum atomic E-state index is -0.709. The molecule has 308 valence electrons. The SMILES string of the molecule is CCCCCCCCCCCCCCCCCCCCCCCC(=O)OC1CCC2(C)C(CCC3C2CC(O)C2(C)C(C(C)CCC(=O)O)CCC32)C1. The van der Waals surface area contributed by atoms with Crippen LogP contribution >= 0.6 is 0 Å². The van der Waals surface area contributed by atoms with Gasteiger partial charge in [-0.2, -0.15) is 0 Å². The maximum absolute atomic E-state index is 12.9. The molecule has 2 N–H and O–H groups in total. The van der Waals surface area contributed by atoms with Crippen LogP contribution in [-0.4, -0.2) is 34.4 Å². The van der Waals surface area contributed by atoms with Crippen molar-refractivity contribution in [2.45, 2.75) is 245 Å². The zero-order valence-electron chi connectivity index (χ0n) is 35.4. The molecule has 10 atom stereocenters. The minimum Gasteiger partial charge on any atom is -0.481 e. The van der Waals surface area contributed by atoms with Gasteiger partial charge in [-0.3, -0.25) is 9.59 Å². The molecule has 10 unspecified atom stereocenters. The second kappa shape index (κ2) is 23.2. The first-order valence-electron chi connectivity index (χ1n) is 23.7. The van der Waals surface area contributed by atoms with Gasteiger partial charge in [0.2, 0.25) is 0 Å². The standard InChI is InChI=1S/C48H86O5/c1-5-6-7-8-9-10-11-12-13-14-15-16-17-18-19-20-21-22-23-24-25-26-46(52)53-39-33-34-47(3)38(35-39)28-29-40-42-31-30-41(37(2)27-32-45(50)51)48(42,4)44(49)36-43(40)47/h37-44,49H,5-36H2,1-4H3,(H,50,51). The number of ether oxygens (including phenoxy) is 1. The Morgan fingerprint density at radius 3 is 1.72 bits per heavy atom. The normalized spacial score (nSPS) is 32.8. The van der Waals surface area contributed by atoms with E-state index in [2.05, 4.69) is 27.7 Å². The molecule has 4 rings (SSSR count). The van der Waals surface area contributed by atoms with Crippen molar-refractivity contribution in [1.82, 2.24) is 0 Å². The highest BCUT2D eigenvalue weighted by molar-refractivity contribution is 5.69. The number of aliphatic hydroxyl groups excluding tert-OH is 1. The van der Waals surface area contributed by atoms with Crippen LogP contribution in [-0.2, 0) is 14.3 Å². The quantitative estimate of drug-likeness (QED) is 0.0647. The summed E-state index contributed by atoms with van der Waals surface area (Å²) in [6.07, 6.45) is 38.8. The molecule has 0 aromatic heterocycles. The summed E-state index contributed by atoms with van der Waals surface area (Å²) in [6, 6.07) is 0. The van der Waals surface area contributed by atoms with Crippen molar-refractivity contribution in [3.8, 4) is 0 Å². The zero-order chi connectivity index (χ0) is 38.1. The highest BCUT2D eigenvalue weighted by Gasteiger charge is 2.63. The monoisotopic (exact) mass is 743 g/mol. The van der Waals surface area contributed by atoms with Crippen LogP contribution in [0.3, 0.4) is 0 Å². The molecule has 0 radical (unpaired) electrons. The van der Waals surface area contributed by atoms with E-state index in [4.69, 9.17) is 4.74 Å². The Morgan fingerprint density at radius 1 is 0.660 bits per heavy atom. The lowest BCUT2D eigenvalue weighted by Gasteiger charge is -2.62. The first kappa shape index (κ1) is 44.6. The van der Waals surface area contributed by atoms with E-state index in [-0.39, 0.29) is 35.4 Å². The largest absolute Gasteiger partial charge is 0.481 e. The molecule has 0 aliphatic heterocycles. The number of hydrogen-bond acceptors (Lipinski definition) is 4. The number of fused-ring (bicyclic) bond motifs is 5. The van der Waals surface area contributed by atoms with Crippen molar-refractivity contribution in [2.75, 3.05) is 0 Å². The number of rotatable bonds is 27. The Balaban J connectivity index is 1.01. The molecule has 0 bridgehead atoms. The fraction of sp³-hybridized carbons (Fsp3) is 0.958. The molecule has 4 fully saturated rings. The maximum atomic E-state index is 12.9. The van der Waals surface area contributed by atoms with Gasteiger partial charge in [0.1, 0.15) is 6.10 Å². The Labute approximate surface area is 327 Å². The first-order valence-corrected chi connectivity index (χ1v) is 23.7. The second-order valence-corrected chi connectivity index (χ2v) is 19.6. The molecule has 53 heavy (non-hydrogen) atoms. The van der Waals surface area contributed by atoms with Crippen molar-refractivity contribution in [2.24, 2.45) is 46.3 Å². The second-order valence-electron chi connectivity index (χ2n) is 19.6. The topological polar surface area (TPSA) is 83.8 Å². The number of carboxylic acid groups (broad SMARTS) is 1. The van der Waals surface area contributed by atoms with E-state index in [1.807, 2.05) is 0 Å². The molecule has 5 heteroatoms. The molecule has 0 aromatic rings. The summed E-state index contributed by atoms with van der Waals surface area (Å²) in [5, 5.41) is 21.1. The van der Waals surface area contributed by atoms with Gasteiger partial charge in [0.05, 0.1) is 6.10 Å². The summed E-state index contributed by atoms with van der Waals surface area (Å²) in [5.74, 6) is 2.36. The van der Waals surface area contributed by atoms with Crippen molar-refractivity contribution in [3.05, 3.63) is 0 Å². The summed E-state index contributed by atoms with van der Waals surface area (Å²) in [7, 11) is 0. The van der Waals surface area contributed by atoms with Crippen molar-refractivity contribution in [1.29, 1.82) is 0 Å². The van der Waals surface area contributed by atoms with Crippen molar-refractivity contribution in [3.63, 3.8) is 0 Å². The lowest BCUT2D eigenvalue weighted by atomic mass is 9.43. The molecular formula is C48H86O5. The van der Waals surface area contributed by atoms with Gasteiger partial charge < -0.3 is 14.9 Å². The molecule has 4 aliphatic carbocycles. The molecule has 0 aromatic carbocycles. The van der Waals surface area contributed by atoms with Gasteiger partial charge in [-0.25, -0.2) is 0 Å². The fourth-order valence-corrected chi connectivity index (χ4v) is 12.7. The molecule has 0 amide bonds. The number of carboxylic acids is 1. The van der Waals surface area contributed by atoms with Gasteiger partial charge in [-0.1, -0.05) is 156 Å². The van der Waals surface area contributed by atoms with Crippen LogP contribution in [0.2, 0.25) is 0 Å². The predicted octanol–water partition coefficient (Wildman–Crippen LogP) is 13.6. The van der Waals surface area contributed by atoms with E-state index < -0.39 is 5.97 Å². The van der Waals surface area contributed by atoms with Crippen LogP contribution in [0.5, 0.6) is 0 Å². The van der Waals surface area contributed by atoms with Gasteiger partial charge >= 0.3 is 11.9 Å². The number of hydrogen-bond donors (Lipinski definition) is 2. The number of carbonyl (C=O) groups excluding carboxylic acids is 1. The summed E-state index contributed by atoms with van der Waals surface area (Å²) in [5.41, 5.74) is 0.119. The van der Waals surface area contributed by atoms with Crippen LogP contribution in [0.15, 0.2) is 0 Å². The van der Waals surface area contributed by atoms with Crippen LogP contribution in [0.25, 0.3) is 0 Å². The van der Waals surface area contributed by atoms with Gasteiger partial charge in [0.25, 0.3) is 0 Å². The molecule has 0 saturated heterocycles. The van der Waals surface area contributed by atoms with Crippen LogP contribution < -0.4 is 0 Å². The molecule has 4 saturated carbocycles. The summed E-state index contributed by atoms with van der Waals surface area (Å²) in [6.45, 7) is 9.37. The lowest BCUT2D eigenvalue weighted by Crippen LogP contribution is -2.59. The summed E-state index contributed by atoms with van der Waals surface area (Å²) in [4.78, 5) is 24.1. The van der Waals surface area contributed by atoms with Gasteiger partial charge in [0, 0.05) is 12.8 Å². The molecule has 0 heterocycles. The molecule has 5 nitrogen and oxygen atoms in total. The highest BCUT2D eigenvalue weighted by Crippen LogP contribution is 2.68. The molecular weight excluding hydrogens is 657 g/mol. The van der Waals surface area contributed by atoms with E-state index in [9.17, 15) is 19.8 Å². The Hall–Kier alpha value is -1.10. The average Bonchev–Trinajstić information content (AvgIpc) is 3.50. The average molecular weight is 743 g/mol. The fourth-order valence-electron chi connectivity index (χ4n) is 12.7. The third-order valence-corrected chi connectivity index (χ3v) is 16.1. The van der Waals surface area contributed by atoms with Gasteiger partial charge in [0.15, 0.2) is 0 Å². The third-order valence-electron chi connectivity index (χ3n) is 16.1. The smallest absolute Gasteiger partial charge is 0.306 e. The number of unbranched alkanes of at least 4 members (excludes halogenated alkanes) is 20. The van der Waals surface area contributed by atoms with Crippen LogP contribution in [0.1, 0.15) is 233 Å². The lowest BCUT2D eigenvalue weighted by molar-refractivity contribution is -0.181. The Morgan fingerprint density at radius 2 is 1.19 bits per heavy atom. The number of esters is 1. The molecule has 0 spiro atoms. The maximum Gasteiger partial charge on any atom is 0.306 e. The summed E-state index contributed by atoms with van der Waals surface area (Å²) >= 11 is 0. The van der Waals surface area contributed by atoms with E-state index in [0.717, 1.165) is 44.9 Å². The van der Waals surface area contributed by atoms with Gasteiger partial charge in [-0.15, -0.1) is 0 Å². The van der Waals surface area contributed by atoms with E-state index in [1.54, 1.807) is 0 Å². The van der Waals surface area contributed by atoms with E-state index in [1.165, 1.54) is 141 Å². The Bertz CT molecular complexity index is 1040. The molecule has 4 aliphatic rings. The Kier molecular flexibility index (Phi) is 19.5. The van der Waals surface area contributed by atoms with Crippen LogP contribution in [0.4, 0.5) is 0 Å². The van der Waals surface area contributed by atoms with E-state index in [0.29, 0.717) is 48.3 Å². The minimum absolute atomic E-state index is 0.0166. The van der Waals surface area contributed by atoms with E-state index >= 15 is 0 Å². The number of aliphatic hydroxyl groups is 1. The first-order chi connectivity index (χ1) is 25.6. The predicted molar refractivity (Wildman–Crippen MR) is 220 cm³/mol. The number of carbonyl (C=O) groups is 2. The van der Waals surface area contributed by atoms with Crippen molar-refractivity contribution < 1.29 is 24.5 Å². The van der Waals surface area contributed by atoms with Gasteiger partial charge in [-0.05, 0) is 111 Å². The third kappa shape index (κ3) is 13.0.